The zero-order valence-corrected chi connectivity index (χ0v) is 12.6. The molecule has 19 heavy (non-hydrogen) atoms. The van der Waals surface area contributed by atoms with Crippen molar-refractivity contribution in [2.24, 2.45) is 0 Å². The number of nitrogens with zero attached hydrogens (tertiary/aromatic N) is 1. The summed E-state index contributed by atoms with van der Waals surface area (Å²) in [5.74, 6) is -0.446. The van der Waals surface area contributed by atoms with E-state index in [1.165, 1.54) is 6.20 Å². The third-order valence-corrected chi connectivity index (χ3v) is 4.11. The molecule has 1 aromatic heterocycles. The van der Waals surface area contributed by atoms with Gasteiger partial charge in [-0.2, -0.15) is 0 Å². The van der Waals surface area contributed by atoms with Crippen molar-refractivity contribution in [3.05, 3.63) is 50.7 Å². The number of anilines is 2. The Bertz CT molecular complexity index is 649. The fourth-order valence-corrected chi connectivity index (χ4v) is 2.23. The predicted octanol–water partition coefficient (Wildman–Crippen LogP) is 3.99. The maximum Gasteiger partial charge on any atom is 0.276 e. The molecule has 0 spiro atoms. The minimum Gasteiger partial charge on any atom is -0.397 e. The lowest BCUT2D eigenvalue weighted by Gasteiger charge is -2.09. The second-order valence-corrected chi connectivity index (χ2v) is 5.23. The average Bonchev–Trinajstić information content (AvgIpc) is 2.40. The van der Waals surface area contributed by atoms with E-state index >= 15 is 0 Å². The fraction of sp³-hybridized carbons (Fsp3) is 0. The molecule has 0 aliphatic rings. The van der Waals surface area contributed by atoms with Crippen LogP contribution in [-0.4, -0.2) is 10.9 Å². The van der Waals surface area contributed by atoms with Gasteiger partial charge in [0.25, 0.3) is 5.91 Å². The van der Waals surface area contributed by atoms with Gasteiger partial charge in [-0.05, 0) is 40.2 Å². The Morgan fingerprint density at radius 1 is 1.26 bits per heavy atom. The molecule has 0 atom stereocenters. The Balaban J connectivity index is 2.30. The van der Waals surface area contributed by atoms with E-state index in [1.54, 1.807) is 24.3 Å². The fourth-order valence-electron chi connectivity index (χ4n) is 1.41. The summed E-state index contributed by atoms with van der Waals surface area (Å²) in [5.41, 5.74) is 6.50. The van der Waals surface area contributed by atoms with Crippen LogP contribution in [0.1, 0.15) is 10.5 Å². The van der Waals surface area contributed by atoms with Crippen molar-refractivity contribution in [3.8, 4) is 0 Å². The SMILES string of the molecule is Nc1cccnc1C(=O)Nc1ccc(Br)c(Cl)c1Cl. The largest absolute Gasteiger partial charge is 0.397 e. The number of halogens is 3. The van der Waals surface area contributed by atoms with Gasteiger partial charge in [-0.3, -0.25) is 4.79 Å². The number of hydrogen-bond donors (Lipinski definition) is 2. The van der Waals surface area contributed by atoms with Crippen LogP contribution in [0.4, 0.5) is 11.4 Å². The normalized spacial score (nSPS) is 10.3. The first-order chi connectivity index (χ1) is 9.00. The number of carbonyl (C=O) groups is 1. The van der Waals surface area contributed by atoms with E-state index in [2.05, 4.69) is 26.2 Å². The van der Waals surface area contributed by atoms with Crippen LogP contribution in [0.3, 0.4) is 0 Å². The van der Waals surface area contributed by atoms with E-state index in [4.69, 9.17) is 28.9 Å². The van der Waals surface area contributed by atoms with Gasteiger partial charge in [0.2, 0.25) is 0 Å². The van der Waals surface area contributed by atoms with E-state index in [0.717, 1.165) is 0 Å². The molecule has 0 radical (unpaired) electrons. The monoisotopic (exact) mass is 359 g/mol. The Morgan fingerprint density at radius 3 is 2.68 bits per heavy atom. The number of aromatic nitrogens is 1. The highest BCUT2D eigenvalue weighted by Crippen LogP contribution is 2.36. The molecule has 0 bridgehead atoms. The lowest BCUT2D eigenvalue weighted by atomic mass is 10.2. The third-order valence-electron chi connectivity index (χ3n) is 2.34. The molecule has 0 fully saturated rings. The molecule has 98 valence electrons. The van der Waals surface area contributed by atoms with Crippen LogP contribution >= 0.6 is 39.1 Å². The van der Waals surface area contributed by atoms with Crippen molar-refractivity contribution in [3.63, 3.8) is 0 Å². The molecule has 2 aromatic rings. The molecule has 7 heteroatoms. The Morgan fingerprint density at radius 2 is 2.00 bits per heavy atom. The van der Waals surface area contributed by atoms with E-state index in [1.807, 2.05) is 0 Å². The van der Waals surface area contributed by atoms with Gasteiger partial charge in [0.15, 0.2) is 5.69 Å². The molecule has 3 N–H and O–H groups in total. The highest BCUT2D eigenvalue weighted by atomic mass is 79.9. The molecule has 1 amide bonds. The van der Waals surface area contributed by atoms with Crippen LogP contribution in [0.5, 0.6) is 0 Å². The number of nitrogens with one attached hydrogen (secondary N) is 1. The van der Waals surface area contributed by atoms with Crippen molar-refractivity contribution in [2.75, 3.05) is 11.1 Å². The Kier molecular flexibility index (Phi) is 4.29. The summed E-state index contributed by atoms with van der Waals surface area (Å²) in [4.78, 5) is 15.9. The first-order valence-electron chi connectivity index (χ1n) is 5.16. The molecule has 1 heterocycles. The average molecular weight is 361 g/mol. The number of amides is 1. The van der Waals surface area contributed by atoms with Gasteiger partial charge in [-0.25, -0.2) is 4.98 Å². The predicted molar refractivity (Wildman–Crippen MR) is 80.8 cm³/mol. The molecule has 0 saturated heterocycles. The van der Waals surface area contributed by atoms with Gasteiger partial charge < -0.3 is 11.1 Å². The van der Waals surface area contributed by atoms with E-state index in [-0.39, 0.29) is 10.7 Å². The van der Waals surface area contributed by atoms with Gasteiger partial charge in [-0.15, -0.1) is 0 Å². The van der Waals surface area contributed by atoms with Crippen molar-refractivity contribution in [2.45, 2.75) is 0 Å². The highest BCUT2D eigenvalue weighted by Gasteiger charge is 2.14. The number of rotatable bonds is 2. The zero-order chi connectivity index (χ0) is 14.0. The van der Waals surface area contributed by atoms with Crippen molar-refractivity contribution in [1.29, 1.82) is 0 Å². The number of benzene rings is 1. The van der Waals surface area contributed by atoms with Crippen LogP contribution < -0.4 is 11.1 Å². The molecule has 0 saturated carbocycles. The minimum absolute atomic E-state index is 0.137. The van der Waals surface area contributed by atoms with Gasteiger partial charge >= 0.3 is 0 Å². The summed E-state index contributed by atoms with van der Waals surface area (Å²) in [6.07, 6.45) is 1.49. The quantitative estimate of drug-likeness (QED) is 0.795. The summed E-state index contributed by atoms with van der Waals surface area (Å²) in [6.45, 7) is 0. The molecule has 2 rings (SSSR count). The van der Waals surface area contributed by atoms with Crippen LogP contribution in [-0.2, 0) is 0 Å². The third kappa shape index (κ3) is 3.00. The van der Waals surface area contributed by atoms with Gasteiger partial charge in [0.05, 0.1) is 21.4 Å². The maximum atomic E-state index is 12.0. The number of pyridine rings is 1. The molecule has 0 aliphatic carbocycles. The highest BCUT2D eigenvalue weighted by molar-refractivity contribution is 9.10. The Labute approximate surface area is 128 Å². The molecular weight excluding hydrogens is 353 g/mol. The topological polar surface area (TPSA) is 68.0 Å². The van der Waals surface area contributed by atoms with Crippen LogP contribution in [0.25, 0.3) is 0 Å². The zero-order valence-electron chi connectivity index (χ0n) is 9.45. The maximum absolute atomic E-state index is 12.0. The van der Waals surface area contributed by atoms with Gasteiger partial charge in [0.1, 0.15) is 0 Å². The summed E-state index contributed by atoms with van der Waals surface area (Å²) in [5, 5.41) is 3.19. The lowest BCUT2D eigenvalue weighted by Crippen LogP contribution is -2.16. The summed E-state index contributed by atoms with van der Waals surface area (Å²) < 4.78 is 0.648. The summed E-state index contributed by atoms with van der Waals surface area (Å²) in [7, 11) is 0. The van der Waals surface area contributed by atoms with Crippen LogP contribution in [0.15, 0.2) is 34.9 Å². The smallest absolute Gasteiger partial charge is 0.276 e. The molecular formula is C12H8BrCl2N3O. The second-order valence-electron chi connectivity index (χ2n) is 3.62. The number of nitrogens with two attached hydrogens (primary N) is 1. The molecule has 1 aromatic carbocycles. The van der Waals surface area contributed by atoms with Crippen LogP contribution in [0.2, 0.25) is 10.0 Å². The lowest BCUT2D eigenvalue weighted by molar-refractivity contribution is 0.102. The first kappa shape index (κ1) is 14.1. The van der Waals surface area contributed by atoms with E-state index < -0.39 is 5.91 Å². The Hall–Kier alpha value is -1.30. The van der Waals surface area contributed by atoms with Crippen molar-refractivity contribution in [1.82, 2.24) is 4.98 Å². The van der Waals surface area contributed by atoms with Crippen molar-refractivity contribution >= 4 is 56.4 Å². The number of hydrogen-bond acceptors (Lipinski definition) is 3. The van der Waals surface area contributed by atoms with Gasteiger partial charge in [0, 0.05) is 10.7 Å². The minimum atomic E-state index is -0.446. The molecule has 4 nitrogen and oxygen atoms in total. The van der Waals surface area contributed by atoms with Crippen LogP contribution in [0, 0.1) is 0 Å². The van der Waals surface area contributed by atoms with Gasteiger partial charge in [-0.1, -0.05) is 23.2 Å². The number of carbonyl (C=O) groups excluding carboxylic acids is 1. The van der Waals surface area contributed by atoms with E-state index in [9.17, 15) is 4.79 Å². The number of nitrogen functional groups attached to an aromatic ring is 1. The summed E-state index contributed by atoms with van der Waals surface area (Å²) >= 11 is 15.3. The summed E-state index contributed by atoms with van der Waals surface area (Å²) in [6, 6.07) is 6.56. The molecule has 0 aliphatic heterocycles. The second kappa shape index (κ2) is 5.77. The standard InChI is InChI=1S/C12H8BrCl2N3O/c13-6-3-4-8(10(15)9(6)14)18-12(19)11-7(16)2-1-5-17-11/h1-5H,16H2,(H,18,19). The van der Waals surface area contributed by atoms with E-state index in [0.29, 0.717) is 20.9 Å². The van der Waals surface area contributed by atoms with Crippen molar-refractivity contribution < 1.29 is 4.79 Å². The molecule has 0 unspecified atom stereocenters. The first-order valence-corrected chi connectivity index (χ1v) is 6.71.